The molecule has 1 heterocycles. The van der Waals surface area contributed by atoms with Crippen molar-refractivity contribution in [2.75, 3.05) is 26.2 Å². The van der Waals surface area contributed by atoms with Crippen molar-refractivity contribution in [2.45, 2.75) is 6.92 Å². The number of benzene rings is 1. The largest absolute Gasteiger partial charge is 0.336 e. The number of carbonyl (C=O) groups excluding carboxylic acids is 1. The molecule has 0 bridgehead atoms. The first-order valence-electron chi connectivity index (χ1n) is 5.85. The Bertz CT molecular complexity index is 487. The number of piperazine rings is 1. The zero-order valence-electron chi connectivity index (χ0n) is 10.6. The quantitative estimate of drug-likeness (QED) is 0.658. The van der Waals surface area contributed by atoms with Crippen molar-refractivity contribution in [1.82, 2.24) is 10.2 Å². The molecule has 7 heteroatoms. The van der Waals surface area contributed by atoms with Crippen LogP contribution in [0.4, 0.5) is 5.69 Å². The summed E-state index contributed by atoms with van der Waals surface area (Å²) >= 11 is 0. The van der Waals surface area contributed by atoms with E-state index in [1.54, 1.807) is 24.0 Å². The maximum atomic E-state index is 12.3. The van der Waals surface area contributed by atoms with Gasteiger partial charge in [0.1, 0.15) is 5.56 Å². The molecule has 0 spiro atoms. The van der Waals surface area contributed by atoms with Gasteiger partial charge in [0.2, 0.25) is 0 Å². The lowest BCUT2D eigenvalue weighted by atomic mass is 10.0. The number of nitrogens with zero attached hydrogens (tertiary/aromatic N) is 2. The van der Waals surface area contributed by atoms with Crippen molar-refractivity contribution in [3.05, 3.63) is 39.4 Å². The second kappa shape index (κ2) is 6.49. The van der Waals surface area contributed by atoms with E-state index in [9.17, 15) is 14.9 Å². The van der Waals surface area contributed by atoms with Crippen LogP contribution in [0.5, 0.6) is 0 Å². The molecule has 0 unspecified atom stereocenters. The number of nitrogens with one attached hydrogen (secondary N) is 1. The van der Waals surface area contributed by atoms with Gasteiger partial charge in [0.05, 0.1) is 4.92 Å². The van der Waals surface area contributed by atoms with Crippen LogP contribution >= 0.6 is 12.4 Å². The Hall–Kier alpha value is -1.66. The molecule has 1 fully saturated rings. The summed E-state index contributed by atoms with van der Waals surface area (Å²) in [5, 5.41) is 14.1. The van der Waals surface area contributed by atoms with E-state index in [0.717, 1.165) is 13.1 Å². The van der Waals surface area contributed by atoms with E-state index in [2.05, 4.69) is 5.32 Å². The second-order valence-electron chi connectivity index (χ2n) is 4.27. The number of nitro groups is 1. The number of hydrogen-bond donors (Lipinski definition) is 1. The minimum absolute atomic E-state index is 0. The minimum atomic E-state index is -0.498. The summed E-state index contributed by atoms with van der Waals surface area (Å²) in [5.41, 5.74) is 0.746. The minimum Gasteiger partial charge on any atom is -0.336 e. The van der Waals surface area contributed by atoms with Crippen molar-refractivity contribution in [3.63, 3.8) is 0 Å². The van der Waals surface area contributed by atoms with Gasteiger partial charge in [0.25, 0.3) is 11.6 Å². The van der Waals surface area contributed by atoms with Crippen LogP contribution in [0.3, 0.4) is 0 Å². The predicted octanol–water partition coefficient (Wildman–Crippen LogP) is 1.37. The lowest BCUT2D eigenvalue weighted by Gasteiger charge is -2.27. The predicted molar refractivity (Wildman–Crippen MR) is 73.9 cm³/mol. The Kier molecular flexibility index (Phi) is 5.26. The van der Waals surface area contributed by atoms with Crippen molar-refractivity contribution in [3.8, 4) is 0 Å². The van der Waals surface area contributed by atoms with Crippen LogP contribution in [-0.2, 0) is 0 Å². The molecule has 1 amide bonds. The Morgan fingerprint density at radius 1 is 1.37 bits per heavy atom. The zero-order chi connectivity index (χ0) is 13.1. The van der Waals surface area contributed by atoms with Gasteiger partial charge in [-0.25, -0.2) is 0 Å². The first-order chi connectivity index (χ1) is 8.61. The van der Waals surface area contributed by atoms with E-state index in [0.29, 0.717) is 18.7 Å². The second-order valence-corrected chi connectivity index (χ2v) is 4.27. The molecule has 1 aromatic rings. The van der Waals surface area contributed by atoms with E-state index in [1.165, 1.54) is 6.07 Å². The van der Waals surface area contributed by atoms with E-state index in [-0.39, 0.29) is 29.6 Å². The Labute approximate surface area is 117 Å². The van der Waals surface area contributed by atoms with Crippen LogP contribution in [0.1, 0.15) is 15.9 Å². The molecular formula is C12H16ClN3O3. The van der Waals surface area contributed by atoms with Gasteiger partial charge in [-0.3, -0.25) is 14.9 Å². The SMILES string of the molecule is Cc1cccc([N+](=O)[O-])c1C(=O)N1CCNCC1.Cl. The number of rotatable bonds is 2. The van der Waals surface area contributed by atoms with Crippen LogP contribution in [-0.4, -0.2) is 41.9 Å². The van der Waals surface area contributed by atoms with Crippen molar-refractivity contribution in [1.29, 1.82) is 0 Å². The van der Waals surface area contributed by atoms with Gasteiger partial charge in [-0.15, -0.1) is 12.4 Å². The van der Waals surface area contributed by atoms with Gasteiger partial charge in [0, 0.05) is 32.2 Å². The molecule has 1 saturated heterocycles. The molecule has 2 rings (SSSR count). The molecule has 0 atom stereocenters. The maximum absolute atomic E-state index is 12.3. The monoisotopic (exact) mass is 285 g/mol. The fourth-order valence-corrected chi connectivity index (χ4v) is 2.11. The lowest BCUT2D eigenvalue weighted by Crippen LogP contribution is -2.46. The van der Waals surface area contributed by atoms with Crippen molar-refractivity contribution < 1.29 is 9.72 Å². The number of carbonyl (C=O) groups is 1. The number of aryl methyl sites for hydroxylation is 1. The average molecular weight is 286 g/mol. The summed E-state index contributed by atoms with van der Waals surface area (Å²) in [6.45, 7) is 4.36. The summed E-state index contributed by atoms with van der Waals surface area (Å²) in [4.78, 5) is 24.5. The third-order valence-corrected chi connectivity index (χ3v) is 3.07. The molecule has 1 aliphatic rings. The fraction of sp³-hybridized carbons (Fsp3) is 0.417. The van der Waals surface area contributed by atoms with E-state index in [4.69, 9.17) is 0 Å². The van der Waals surface area contributed by atoms with Gasteiger partial charge < -0.3 is 10.2 Å². The molecule has 0 aromatic heterocycles. The topological polar surface area (TPSA) is 75.5 Å². The van der Waals surface area contributed by atoms with Gasteiger partial charge in [-0.05, 0) is 12.5 Å². The highest BCUT2D eigenvalue weighted by Crippen LogP contribution is 2.23. The molecule has 19 heavy (non-hydrogen) atoms. The highest BCUT2D eigenvalue weighted by Gasteiger charge is 2.27. The molecule has 104 valence electrons. The zero-order valence-corrected chi connectivity index (χ0v) is 11.4. The molecule has 0 radical (unpaired) electrons. The third-order valence-electron chi connectivity index (χ3n) is 3.07. The highest BCUT2D eigenvalue weighted by molar-refractivity contribution is 5.99. The fourth-order valence-electron chi connectivity index (χ4n) is 2.11. The first-order valence-corrected chi connectivity index (χ1v) is 5.85. The Balaban J connectivity index is 0.00000180. The molecule has 0 saturated carbocycles. The first kappa shape index (κ1) is 15.4. The summed E-state index contributed by atoms with van der Waals surface area (Å²) in [6.07, 6.45) is 0. The van der Waals surface area contributed by atoms with E-state index >= 15 is 0 Å². The highest BCUT2D eigenvalue weighted by atomic mass is 35.5. The van der Waals surface area contributed by atoms with Gasteiger partial charge in [-0.1, -0.05) is 12.1 Å². The summed E-state index contributed by atoms with van der Waals surface area (Å²) in [7, 11) is 0. The molecular weight excluding hydrogens is 270 g/mol. The van der Waals surface area contributed by atoms with Crippen LogP contribution in [0.2, 0.25) is 0 Å². The van der Waals surface area contributed by atoms with E-state index < -0.39 is 4.92 Å². The standard InChI is InChI=1S/C12H15N3O3.ClH/c1-9-3-2-4-10(15(17)18)11(9)12(16)14-7-5-13-6-8-14;/h2-4,13H,5-8H2,1H3;1H. The average Bonchev–Trinajstić information content (AvgIpc) is 2.38. The third kappa shape index (κ3) is 3.21. The molecule has 1 aromatic carbocycles. The summed E-state index contributed by atoms with van der Waals surface area (Å²) < 4.78 is 0. The lowest BCUT2D eigenvalue weighted by molar-refractivity contribution is -0.385. The summed E-state index contributed by atoms with van der Waals surface area (Å²) in [5.74, 6) is -0.249. The molecule has 1 N–H and O–H groups in total. The maximum Gasteiger partial charge on any atom is 0.282 e. The number of amides is 1. The molecule has 1 aliphatic heterocycles. The molecule has 0 aliphatic carbocycles. The van der Waals surface area contributed by atoms with Gasteiger partial charge in [-0.2, -0.15) is 0 Å². The summed E-state index contributed by atoms with van der Waals surface area (Å²) in [6, 6.07) is 4.70. The van der Waals surface area contributed by atoms with Gasteiger partial charge >= 0.3 is 0 Å². The number of halogens is 1. The number of nitro benzene ring substituents is 1. The van der Waals surface area contributed by atoms with Crippen LogP contribution in [0, 0.1) is 17.0 Å². The normalized spacial score (nSPS) is 14.7. The van der Waals surface area contributed by atoms with Crippen molar-refractivity contribution in [2.24, 2.45) is 0 Å². The van der Waals surface area contributed by atoms with E-state index in [1.807, 2.05) is 0 Å². The Morgan fingerprint density at radius 2 is 2.00 bits per heavy atom. The van der Waals surface area contributed by atoms with Gasteiger partial charge in [0.15, 0.2) is 0 Å². The van der Waals surface area contributed by atoms with Crippen molar-refractivity contribution >= 4 is 24.0 Å². The smallest absolute Gasteiger partial charge is 0.282 e. The Morgan fingerprint density at radius 3 is 2.58 bits per heavy atom. The molecule has 6 nitrogen and oxygen atoms in total. The van der Waals surface area contributed by atoms with Crippen LogP contribution in [0.15, 0.2) is 18.2 Å². The number of hydrogen-bond acceptors (Lipinski definition) is 4. The van der Waals surface area contributed by atoms with Crippen LogP contribution < -0.4 is 5.32 Å². The van der Waals surface area contributed by atoms with Crippen LogP contribution in [0.25, 0.3) is 0 Å².